The molecule has 0 unspecified atom stereocenters. The summed E-state index contributed by atoms with van der Waals surface area (Å²) in [4.78, 5) is 22.7. The van der Waals surface area contributed by atoms with Crippen molar-refractivity contribution in [1.82, 2.24) is 0 Å². The van der Waals surface area contributed by atoms with Crippen LogP contribution in [-0.2, 0) is 19.1 Å². The molecule has 1 aromatic carbocycles. The Labute approximate surface area is 126 Å². The summed E-state index contributed by atoms with van der Waals surface area (Å²) in [5, 5.41) is 16.9. The number of azo groups is 1. The minimum atomic E-state index is -1.01. The first kappa shape index (κ1) is 17.3. The molecule has 0 aliphatic heterocycles. The number of aliphatic hydroxyl groups is 1. The largest absolute Gasteiger partial charge is 0.509 e. The van der Waals surface area contributed by atoms with E-state index < -0.39 is 35.6 Å². The van der Waals surface area contributed by atoms with E-state index >= 15 is 0 Å². The second-order valence-electron chi connectivity index (χ2n) is 4.15. The quantitative estimate of drug-likeness (QED) is 0.390. The first-order chi connectivity index (χ1) is 10.4. The van der Waals surface area contributed by atoms with Crippen molar-refractivity contribution in [3.8, 4) is 0 Å². The third-order valence-corrected chi connectivity index (χ3v) is 2.63. The van der Waals surface area contributed by atoms with Gasteiger partial charge in [-0.1, -0.05) is 12.1 Å². The normalized spacial score (nSPS) is 12.0. The zero-order valence-electron chi connectivity index (χ0n) is 12.3. The minimum Gasteiger partial charge on any atom is -0.509 e. The lowest BCUT2D eigenvalue weighted by Crippen LogP contribution is -2.09. The van der Waals surface area contributed by atoms with Gasteiger partial charge in [-0.05, 0) is 18.6 Å². The molecule has 0 spiro atoms. The Balaban J connectivity index is 3.19. The van der Waals surface area contributed by atoms with E-state index in [0.29, 0.717) is 5.56 Å². The Bertz CT molecular complexity index is 620. The number of benzene rings is 1. The van der Waals surface area contributed by atoms with Gasteiger partial charge in [0, 0.05) is 0 Å². The van der Waals surface area contributed by atoms with Crippen molar-refractivity contribution in [2.24, 2.45) is 10.2 Å². The summed E-state index contributed by atoms with van der Waals surface area (Å²) in [6.07, 6.45) is -0.587. The van der Waals surface area contributed by atoms with Crippen LogP contribution >= 0.6 is 0 Å². The van der Waals surface area contributed by atoms with Crippen LogP contribution in [0.5, 0.6) is 0 Å². The van der Waals surface area contributed by atoms with Crippen LogP contribution in [0.2, 0.25) is 0 Å². The van der Waals surface area contributed by atoms with Gasteiger partial charge in [0.15, 0.2) is 5.82 Å². The highest BCUT2D eigenvalue weighted by molar-refractivity contribution is 5.89. The lowest BCUT2D eigenvalue weighted by Gasteiger charge is -2.04. The van der Waals surface area contributed by atoms with E-state index in [0.717, 1.165) is 14.2 Å². The molecule has 1 rings (SSSR count). The monoisotopic (exact) mass is 310 g/mol. The molecule has 1 N–H and O–H groups in total. The molecule has 0 saturated heterocycles. The summed E-state index contributed by atoms with van der Waals surface area (Å²) in [5.41, 5.74) is -0.203. The highest BCUT2D eigenvalue weighted by atomic mass is 19.1. The number of aliphatic hydroxyl groups excluding tert-OH is 1. The van der Waals surface area contributed by atoms with Gasteiger partial charge < -0.3 is 14.6 Å². The predicted octanol–water partition coefficient (Wildman–Crippen LogP) is 2.72. The standard InChI is InChI=1S/C14H15FN2O5/c1-8-5-4-6-9(15)12(8)16-17-13(14(20)22-3)10(18)7-11(19)21-2/h4-6,18H,7H2,1-3H3/b13-10+,17-16?. The molecule has 0 radical (unpaired) electrons. The van der Waals surface area contributed by atoms with Crippen LogP contribution < -0.4 is 0 Å². The van der Waals surface area contributed by atoms with Crippen molar-refractivity contribution >= 4 is 17.6 Å². The highest BCUT2D eigenvalue weighted by Gasteiger charge is 2.19. The van der Waals surface area contributed by atoms with E-state index in [1.54, 1.807) is 13.0 Å². The first-order valence-electron chi connectivity index (χ1n) is 6.14. The fraction of sp³-hybridized carbons (Fsp3) is 0.286. The molecule has 1 aromatic rings. The third kappa shape index (κ3) is 4.37. The van der Waals surface area contributed by atoms with Gasteiger partial charge in [-0.15, -0.1) is 10.2 Å². The average Bonchev–Trinajstić information content (AvgIpc) is 2.49. The van der Waals surface area contributed by atoms with Crippen LogP contribution in [0.1, 0.15) is 12.0 Å². The summed E-state index contributed by atoms with van der Waals surface area (Å²) in [6.45, 7) is 1.60. The fourth-order valence-electron chi connectivity index (χ4n) is 1.46. The molecule has 0 aliphatic carbocycles. The van der Waals surface area contributed by atoms with Gasteiger partial charge in [-0.2, -0.15) is 0 Å². The lowest BCUT2D eigenvalue weighted by atomic mass is 10.2. The number of nitrogens with zero attached hydrogens (tertiary/aromatic N) is 2. The van der Waals surface area contributed by atoms with Gasteiger partial charge in [-0.3, -0.25) is 4.79 Å². The Morgan fingerprint density at radius 2 is 1.95 bits per heavy atom. The second-order valence-corrected chi connectivity index (χ2v) is 4.15. The maximum atomic E-state index is 13.6. The summed E-state index contributed by atoms with van der Waals surface area (Å²) >= 11 is 0. The number of hydrogen-bond acceptors (Lipinski definition) is 7. The number of esters is 2. The van der Waals surface area contributed by atoms with Crippen molar-refractivity contribution in [1.29, 1.82) is 0 Å². The zero-order chi connectivity index (χ0) is 16.7. The Hall–Kier alpha value is -2.77. The molecule has 0 fully saturated rings. The number of aryl methyl sites for hydroxylation is 1. The SMILES string of the molecule is COC(=O)C/C(O)=C(\N=Nc1c(C)cccc1F)C(=O)OC. The van der Waals surface area contributed by atoms with Crippen molar-refractivity contribution in [2.75, 3.05) is 14.2 Å². The molecular formula is C14H15FN2O5. The summed E-state index contributed by atoms with van der Waals surface area (Å²) in [5.74, 6) is -3.12. The molecule has 22 heavy (non-hydrogen) atoms. The third-order valence-electron chi connectivity index (χ3n) is 2.63. The smallest absolute Gasteiger partial charge is 0.362 e. The van der Waals surface area contributed by atoms with Gasteiger partial charge in [0.25, 0.3) is 0 Å². The highest BCUT2D eigenvalue weighted by Crippen LogP contribution is 2.24. The molecule has 0 saturated carbocycles. The lowest BCUT2D eigenvalue weighted by molar-refractivity contribution is -0.140. The minimum absolute atomic E-state index is 0.0882. The molecule has 0 amide bonds. The molecule has 0 heterocycles. The second kappa shape index (κ2) is 7.87. The number of ether oxygens (including phenoxy) is 2. The van der Waals surface area contributed by atoms with E-state index in [9.17, 15) is 19.1 Å². The number of carbonyl (C=O) groups is 2. The fourth-order valence-corrected chi connectivity index (χ4v) is 1.46. The molecule has 0 aliphatic rings. The predicted molar refractivity (Wildman–Crippen MR) is 74.0 cm³/mol. The van der Waals surface area contributed by atoms with Crippen molar-refractivity contribution in [3.63, 3.8) is 0 Å². The van der Waals surface area contributed by atoms with Gasteiger partial charge in [0.05, 0.1) is 14.2 Å². The van der Waals surface area contributed by atoms with Crippen LogP contribution in [-0.4, -0.2) is 31.3 Å². The van der Waals surface area contributed by atoms with E-state index in [2.05, 4.69) is 19.7 Å². The molecular weight excluding hydrogens is 295 g/mol. The van der Waals surface area contributed by atoms with Gasteiger partial charge in [-0.25, -0.2) is 9.18 Å². The number of hydrogen-bond donors (Lipinski definition) is 1. The van der Waals surface area contributed by atoms with E-state index in [1.807, 2.05) is 0 Å². The molecule has 7 nitrogen and oxygen atoms in total. The topological polar surface area (TPSA) is 97.5 Å². The van der Waals surface area contributed by atoms with Crippen LogP contribution in [0, 0.1) is 12.7 Å². The van der Waals surface area contributed by atoms with E-state index in [1.165, 1.54) is 12.1 Å². The van der Waals surface area contributed by atoms with Crippen LogP contribution in [0.25, 0.3) is 0 Å². The van der Waals surface area contributed by atoms with Crippen LogP contribution in [0.3, 0.4) is 0 Å². The molecule has 0 bridgehead atoms. The Morgan fingerprint density at radius 3 is 2.50 bits per heavy atom. The van der Waals surface area contributed by atoms with Crippen molar-refractivity contribution in [2.45, 2.75) is 13.3 Å². The van der Waals surface area contributed by atoms with E-state index in [-0.39, 0.29) is 5.69 Å². The molecule has 0 atom stereocenters. The van der Waals surface area contributed by atoms with E-state index in [4.69, 9.17) is 0 Å². The number of methoxy groups -OCH3 is 2. The Kier molecular flexibility index (Phi) is 6.18. The summed E-state index contributed by atoms with van der Waals surface area (Å²) in [7, 11) is 2.19. The summed E-state index contributed by atoms with van der Waals surface area (Å²) in [6, 6.07) is 4.28. The molecule has 8 heteroatoms. The summed E-state index contributed by atoms with van der Waals surface area (Å²) < 4.78 is 22.4. The van der Waals surface area contributed by atoms with Crippen molar-refractivity contribution in [3.05, 3.63) is 41.0 Å². The van der Waals surface area contributed by atoms with Crippen LogP contribution in [0.15, 0.2) is 39.9 Å². The molecule has 0 aromatic heterocycles. The average molecular weight is 310 g/mol. The van der Waals surface area contributed by atoms with Gasteiger partial charge >= 0.3 is 11.9 Å². The maximum Gasteiger partial charge on any atom is 0.362 e. The van der Waals surface area contributed by atoms with Gasteiger partial charge in [0.1, 0.15) is 17.9 Å². The maximum absolute atomic E-state index is 13.6. The molecule has 118 valence electrons. The number of carbonyl (C=O) groups excluding carboxylic acids is 2. The number of halogens is 1. The first-order valence-corrected chi connectivity index (χ1v) is 6.14. The van der Waals surface area contributed by atoms with Gasteiger partial charge in [0.2, 0.25) is 5.70 Å². The van der Waals surface area contributed by atoms with Crippen molar-refractivity contribution < 1.29 is 28.6 Å². The van der Waals surface area contributed by atoms with Crippen LogP contribution in [0.4, 0.5) is 10.1 Å². The number of rotatable bonds is 5. The zero-order valence-corrected chi connectivity index (χ0v) is 12.3. The Morgan fingerprint density at radius 1 is 1.27 bits per heavy atom.